The van der Waals surface area contributed by atoms with Gasteiger partial charge < -0.3 is 11.5 Å². The Morgan fingerprint density at radius 1 is 1.46 bits per heavy atom. The second-order valence-corrected chi connectivity index (χ2v) is 3.77. The van der Waals surface area contributed by atoms with E-state index in [4.69, 9.17) is 11.5 Å². The number of halogens is 2. The predicted octanol–water partition coefficient (Wildman–Crippen LogP) is 1.94. The molecule has 72 valence electrons. The summed E-state index contributed by atoms with van der Waals surface area (Å²) in [6, 6.07) is 4.42. The van der Waals surface area contributed by atoms with Crippen LogP contribution in [0, 0.1) is 5.82 Å². The Morgan fingerprint density at radius 2 is 2.15 bits per heavy atom. The van der Waals surface area contributed by atoms with Gasteiger partial charge in [-0.2, -0.15) is 0 Å². The number of benzene rings is 1. The quantitative estimate of drug-likeness (QED) is 0.857. The Hall–Kier alpha value is -0.450. The van der Waals surface area contributed by atoms with E-state index in [1.165, 1.54) is 6.07 Å². The smallest absolute Gasteiger partial charge is 0.128 e. The van der Waals surface area contributed by atoms with E-state index in [0.717, 1.165) is 4.47 Å². The standard InChI is InChI=1S/C9H12BrFN2/c10-6-1-2-8(11)7(5-6)9(13)3-4-12/h1-2,5,9H,3-4,12-13H2. The summed E-state index contributed by atoms with van der Waals surface area (Å²) in [6.07, 6.45) is 0.591. The van der Waals surface area contributed by atoms with Crippen LogP contribution >= 0.6 is 15.9 Å². The van der Waals surface area contributed by atoms with Crippen LogP contribution in [0.5, 0.6) is 0 Å². The number of hydrogen-bond donors (Lipinski definition) is 2. The minimum Gasteiger partial charge on any atom is -0.330 e. The molecule has 0 saturated heterocycles. The molecule has 0 aliphatic heterocycles. The normalized spacial score (nSPS) is 12.9. The molecule has 1 unspecified atom stereocenters. The van der Waals surface area contributed by atoms with E-state index in [1.54, 1.807) is 12.1 Å². The first-order chi connectivity index (χ1) is 6.15. The van der Waals surface area contributed by atoms with Crippen molar-refractivity contribution >= 4 is 15.9 Å². The maximum Gasteiger partial charge on any atom is 0.128 e. The van der Waals surface area contributed by atoms with Crippen molar-refractivity contribution in [3.05, 3.63) is 34.1 Å². The van der Waals surface area contributed by atoms with Gasteiger partial charge in [0.25, 0.3) is 0 Å². The number of rotatable bonds is 3. The number of hydrogen-bond acceptors (Lipinski definition) is 2. The first-order valence-electron chi connectivity index (χ1n) is 4.05. The fraction of sp³-hybridized carbons (Fsp3) is 0.333. The molecule has 0 heterocycles. The molecule has 2 nitrogen and oxygen atoms in total. The second kappa shape index (κ2) is 4.69. The molecule has 0 aliphatic carbocycles. The molecule has 1 rings (SSSR count). The molecule has 0 saturated carbocycles. The van der Waals surface area contributed by atoms with Gasteiger partial charge in [0.15, 0.2) is 0 Å². The van der Waals surface area contributed by atoms with Crippen molar-refractivity contribution in [1.29, 1.82) is 0 Å². The van der Waals surface area contributed by atoms with Crippen molar-refractivity contribution in [2.45, 2.75) is 12.5 Å². The molecular weight excluding hydrogens is 235 g/mol. The molecule has 0 aliphatic rings. The summed E-state index contributed by atoms with van der Waals surface area (Å²) in [5.74, 6) is -0.274. The van der Waals surface area contributed by atoms with Crippen molar-refractivity contribution in [2.75, 3.05) is 6.54 Å². The van der Waals surface area contributed by atoms with Gasteiger partial charge in [0, 0.05) is 16.1 Å². The Balaban J connectivity index is 2.91. The average molecular weight is 247 g/mol. The van der Waals surface area contributed by atoms with Crippen LogP contribution in [0.15, 0.2) is 22.7 Å². The van der Waals surface area contributed by atoms with E-state index < -0.39 is 0 Å². The zero-order valence-electron chi connectivity index (χ0n) is 7.13. The monoisotopic (exact) mass is 246 g/mol. The zero-order chi connectivity index (χ0) is 9.84. The predicted molar refractivity (Wildman–Crippen MR) is 54.7 cm³/mol. The summed E-state index contributed by atoms with van der Waals surface area (Å²) in [4.78, 5) is 0. The minimum absolute atomic E-state index is 0.274. The third-order valence-electron chi connectivity index (χ3n) is 1.84. The molecule has 4 N–H and O–H groups in total. The van der Waals surface area contributed by atoms with Gasteiger partial charge >= 0.3 is 0 Å². The van der Waals surface area contributed by atoms with Crippen molar-refractivity contribution in [2.24, 2.45) is 11.5 Å². The summed E-state index contributed by atoms with van der Waals surface area (Å²) in [5, 5.41) is 0. The molecule has 0 fully saturated rings. The summed E-state index contributed by atoms with van der Waals surface area (Å²) >= 11 is 3.26. The van der Waals surface area contributed by atoms with Crippen LogP contribution < -0.4 is 11.5 Å². The summed E-state index contributed by atoms with van der Waals surface area (Å²) in [7, 11) is 0. The van der Waals surface area contributed by atoms with Crippen LogP contribution in [-0.2, 0) is 0 Å². The Kier molecular flexibility index (Phi) is 3.84. The van der Waals surface area contributed by atoms with Crippen LogP contribution in [0.1, 0.15) is 18.0 Å². The molecule has 1 aromatic carbocycles. The highest BCUT2D eigenvalue weighted by Gasteiger charge is 2.10. The van der Waals surface area contributed by atoms with Gasteiger partial charge in [-0.15, -0.1) is 0 Å². The molecule has 0 amide bonds. The van der Waals surface area contributed by atoms with Crippen LogP contribution in [-0.4, -0.2) is 6.54 Å². The van der Waals surface area contributed by atoms with E-state index in [0.29, 0.717) is 18.5 Å². The van der Waals surface area contributed by atoms with Gasteiger partial charge in [0.1, 0.15) is 5.82 Å². The molecule has 0 spiro atoms. The fourth-order valence-electron chi connectivity index (χ4n) is 1.13. The highest BCUT2D eigenvalue weighted by atomic mass is 79.9. The van der Waals surface area contributed by atoms with Gasteiger partial charge in [-0.05, 0) is 31.2 Å². The van der Waals surface area contributed by atoms with Gasteiger partial charge in [0.2, 0.25) is 0 Å². The van der Waals surface area contributed by atoms with Crippen LogP contribution in [0.3, 0.4) is 0 Å². The maximum atomic E-state index is 13.2. The second-order valence-electron chi connectivity index (χ2n) is 2.85. The fourth-order valence-corrected chi connectivity index (χ4v) is 1.51. The van der Waals surface area contributed by atoms with Crippen LogP contribution in [0.4, 0.5) is 4.39 Å². The average Bonchev–Trinajstić information content (AvgIpc) is 2.09. The number of nitrogens with two attached hydrogens (primary N) is 2. The molecule has 0 radical (unpaired) electrons. The minimum atomic E-state index is -0.317. The highest BCUT2D eigenvalue weighted by molar-refractivity contribution is 9.10. The van der Waals surface area contributed by atoms with E-state index in [9.17, 15) is 4.39 Å². The molecule has 13 heavy (non-hydrogen) atoms. The molecule has 4 heteroatoms. The Bertz CT molecular complexity index is 291. The van der Waals surface area contributed by atoms with Crippen molar-refractivity contribution < 1.29 is 4.39 Å². The first-order valence-corrected chi connectivity index (χ1v) is 4.85. The maximum absolute atomic E-state index is 13.2. The lowest BCUT2D eigenvalue weighted by atomic mass is 10.0. The molecule has 1 atom stereocenters. The lowest BCUT2D eigenvalue weighted by Crippen LogP contribution is -2.16. The van der Waals surface area contributed by atoms with Crippen molar-refractivity contribution in [3.8, 4) is 0 Å². The molecule has 1 aromatic rings. The van der Waals surface area contributed by atoms with E-state index in [1.807, 2.05) is 0 Å². The van der Waals surface area contributed by atoms with Gasteiger partial charge in [-0.1, -0.05) is 15.9 Å². The Labute approximate surface area is 85.2 Å². The molecule has 0 aromatic heterocycles. The summed E-state index contributed by atoms with van der Waals surface area (Å²) in [6.45, 7) is 0.465. The third kappa shape index (κ3) is 2.76. The Morgan fingerprint density at radius 3 is 2.77 bits per heavy atom. The van der Waals surface area contributed by atoms with Crippen LogP contribution in [0.25, 0.3) is 0 Å². The molecular formula is C9H12BrFN2. The lowest BCUT2D eigenvalue weighted by molar-refractivity contribution is 0.567. The lowest BCUT2D eigenvalue weighted by Gasteiger charge is -2.11. The van der Waals surface area contributed by atoms with E-state index in [-0.39, 0.29) is 11.9 Å². The topological polar surface area (TPSA) is 52.0 Å². The molecule has 0 bridgehead atoms. The first kappa shape index (κ1) is 10.6. The summed E-state index contributed by atoms with van der Waals surface area (Å²) in [5.41, 5.74) is 11.6. The highest BCUT2D eigenvalue weighted by Crippen LogP contribution is 2.21. The van der Waals surface area contributed by atoms with E-state index in [2.05, 4.69) is 15.9 Å². The van der Waals surface area contributed by atoms with Crippen molar-refractivity contribution in [1.82, 2.24) is 0 Å². The van der Waals surface area contributed by atoms with E-state index >= 15 is 0 Å². The van der Waals surface area contributed by atoms with Gasteiger partial charge in [-0.25, -0.2) is 4.39 Å². The van der Waals surface area contributed by atoms with Gasteiger partial charge in [0.05, 0.1) is 0 Å². The van der Waals surface area contributed by atoms with Crippen molar-refractivity contribution in [3.63, 3.8) is 0 Å². The largest absolute Gasteiger partial charge is 0.330 e. The van der Waals surface area contributed by atoms with Gasteiger partial charge in [-0.3, -0.25) is 0 Å². The summed E-state index contributed by atoms with van der Waals surface area (Å²) < 4.78 is 14.0. The SMILES string of the molecule is NCCC(N)c1cc(Br)ccc1F. The van der Waals surface area contributed by atoms with Crippen LogP contribution in [0.2, 0.25) is 0 Å². The zero-order valence-corrected chi connectivity index (χ0v) is 8.72. The third-order valence-corrected chi connectivity index (χ3v) is 2.33.